The molecule has 7 nitrogen and oxygen atoms in total. The van der Waals surface area contributed by atoms with E-state index in [-0.39, 0.29) is 23.4 Å². The van der Waals surface area contributed by atoms with Crippen LogP contribution in [0.15, 0.2) is 88.2 Å². The highest BCUT2D eigenvalue weighted by molar-refractivity contribution is 9.10. The summed E-state index contributed by atoms with van der Waals surface area (Å²) >= 11 is 3.39. The summed E-state index contributed by atoms with van der Waals surface area (Å²) in [5.41, 5.74) is 2.26. The van der Waals surface area contributed by atoms with Gasteiger partial charge in [0.2, 0.25) is 11.8 Å². The lowest BCUT2D eigenvalue weighted by Crippen LogP contribution is -2.53. The average molecular weight is 627 g/mol. The normalized spacial score (nSPS) is 14.8. The molecule has 0 aromatic heterocycles. The molecule has 0 spiro atoms. The Morgan fingerprint density at radius 3 is 2.27 bits per heavy atom. The van der Waals surface area contributed by atoms with Crippen LogP contribution in [0, 0.1) is 6.92 Å². The van der Waals surface area contributed by atoms with Crippen LogP contribution in [0.4, 0.5) is 5.69 Å². The van der Waals surface area contributed by atoms with Crippen molar-refractivity contribution in [1.29, 1.82) is 0 Å². The first kappa shape index (κ1) is 29.8. The summed E-state index contributed by atoms with van der Waals surface area (Å²) in [7, 11) is -4.07. The predicted molar refractivity (Wildman–Crippen MR) is 161 cm³/mol. The zero-order chi connectivity index (χ0) is 28.7. The minimum Gasteiger partial charge on any atom is -0.352 e. The highest BCUT2D eigenvalue weighted by Gasteiger charge is 2.33. The molecule has 2 amide bonds. The van der Waals surface area contributed by atoms with Crippen LogP contribution in [-0.4, -0.2) is 43.8 Å². The van der Waals surface area contributed by atoms with Gasteiger partial charge >= 0.3 is 0 Å². The Morgan fingerprint density at radius 1 is 0.950 bits per heavy atom. The van der Waals surface area contributed by atoms with Gasteiger partial charge in [0.1, 0.15) is 12.6 Å². The molecule has 0 aliphatic heterocycles. The third kappa shape index (κ3) is 7.52. The molecule has 0 saturated heterocycles. The topological polar surface area (TPSA) is 86.8 Å². The Kier molecular flexibility index (Phi) is 10.0. The van der Waals surface area contributed by atoms with Crippen molar-refractivity contribution in [3.63, 3.8) is 0 Å². The quantitative estimate of drug-likeness (QED) is 0.308. The smallest absolute Gasteiger partial charge is 0.264 e. The highest BCUT2D eigenvalue weighted by atomic mass is 79.9. The van der Waals surface area contributed by atoms with Gasteiger partial charge in [-0.3, -0.25) is 13.9 Å². The molecule has 3 aromatic carbocycles. The van der Waals surface area contributed by atoms with E-state index in [4.69, 9.17) is 0 Å². The maximum atomic E-state index is 14.0. The fourth-order valence-corrected chi connectivity index (χ4v) is 6.71. The summed E-state index contributed by atoms with van der Waals surface area (Å²) in [6.07, 6.45) is 5.17. The van der Waals surface area contributed by atoms with E-state index >= 15 is 0 Å². The van der Waals surface area contributed by atoms with Gasteiger partial charge in [-0.15, -0.1) is 0 Å². The summed E-state index contributed by atoms with van der Waals surface area (Å²) in [5, 5.41) is 3.13. The zero-order valence-electron chi connectivity index (χ0n) is 22.9. The second-order valence-electron chi connectivity index (χ2n) is 10.3. The van der Waals surface area contributed by atoms with E-state index < -0.39 is 28.5 Å². The number of hydrogen-bond donors (Lipinski definition) is 1. The third-order valence-corrected chi connectivity index (χ3v) is 9.60. The van der Waals surface area contributed by atoms with E-state index in [1.165, 1.54) is 23.5 Å². The number of rotatable bonds is 10. The van der Waals surface area contributed by atoms with E-state index in [1.807, 2.05) is 31.2 Å². The maximum absolute atomic E-state index is 14.0. The molecule has 1 aliphatic rings. The molecule has 0 radical (unpaired) electrons. The van der Waals surface area contributed by atoms with Crippen molar-refractivity contribution >= 4 is 43.5 Å². The van der Waals surface area contributed by atoms with Crippen molar-refractivity contribution in [2.45, 2.75) is 69.5 Å². The number of nitrogens with one attached hydrogen (secondary N) is 1. The molecule has 212 valence electrons. The number of halogens is 1. The number of benzene rings is 3. The number of carbonyl (C=O) groups is 2. The molecule has 1 aliphatic carbocycles. The van der Waals surface area contributed by atoms with Crippen molar-refractivity contribution in [2.75, 3.05) is 10.8 Å². The average Bonchev–Trinajstić information content (AvgIpc) is 2.95. The lowest BCUT2D eigenvalue weighted by molar-refractivity contribution is -0.139. The van der Waals surface area contributed by atoms with Crippen LogP contribution >= 0.6 is 15.9 Å². The SMILES string of the molecule is Cc1cccc(CN(C(=O)CN(c2ccc(Br)cc2)S(=O)(=O)c2ccccc2)[C@H](C)C(=O)NC2CCCCC2)c1. The minimum absolute atomic E-state index is 0.0824. The van der Waals surface area contributed by atoms with Gasteiger partial charge in [0.15, 0.2) is 0 Å². The van der Waals surface area contributed by atoms with Gasteiger partial charge in [-0.05, 0) is 68.7 Å². The minimum atomic E-state index is -4.07. The molecule has 1 N–H and O–H groups in total. The molecule has 0 unspecified atom stereocenters. The number of nitrogens with zero attached hydrogens (tertiary/aromatic N) is 2. The first-order valence-corrected chi connectivity index (χ1v) is 15.9. The van der Waals surface area contributed by atoms with Gasteiger partial charge in [0.05, 0.1) is 10.6 Å². The van der Waals surface area contributed by atoms with E-state index in [0.29, 0.717) is 5.69 Å². The monoisotopic (exact) mass is 625 g/mol. The van der Waals surface area contributed by atoms with E-state index in [2.05, 4.69) is 21.2 Å². The van der Waals surface area contributed by atoms with Crippen molar-refractivity contribution in [3.8, 4) is 0 Å². The molecular formula is C31H36BrN3O4S. The highest BCUT2D eigenvalue weighted by Crippen LogP contribution is 2.26. The van der Waals surface area contributed by atoms with Crippen LogP contribution in [0.1, 0.15) is 50.2 Å². The summed E-state index contributed by atoms with van der Waals surface area (Å²) in [6.45, 7) is 3.41. The van der Waals surface area contributed by atoms with Crippen molar-refractivity contribution in [2.24, 2.45) is 0 Å². The van der Waals surface area contributed by atoms with E-state index in [0.717, 1.165) is 45.6 Å². The van der Waals surface area contributed by atoms with Crippen LogP contribution in [0.2, 0.25) is 0 Å². The van der Waals surface area contributed by atoms with Gasteiger partial charge in [0, 0.05) is 17.1 Å². The molecule has 1 fully saturated rings. The maximum Gasteiger partial charge on any atom is 0.264 e. The fraction of sp³-hybridized carbons (Fsp3) is 0.355. The lowest BCUT2D eigenvalue weighted by Gasteiger charge is -2.33. The Morgan fingerprint density at radius 2 is 1.62 bits per heavy atom. The van der Waals surface area contributed by atoms with Gasteiger partial charge < -0.3 is 10.2 Å². The number of anilines is 1. The Balaban J connectivity index is 1.66. The number of carbonyl (C=O) groups excluding carboxylic acids is 2. The van der Waals surface area contributed by atoms with E-state index in [1.54, 1.807) is 49.4 Å². The second-order valence-corrected chi connectivity index (χ2v) is 13.1. The van der Waals surface area contributed by atoms with Crippen LogP contribution in [-0.2, 0) is 26.2 Å². The van der Waals surface area contributed by atoms with Crippen LogP contribution < -0.4 is 9.62 Å². The second kappa shape index (κ2) is 13.5. The van der Waals surface area contributed by atoms with Gasteiger partial charge in [-0.25, -0.2) is 8.42 Å². The van der Waals surface area contributed by atoms with Crippen molar-refractivity contribution < 1.29 is 18.0 Å². The largest absolute Gasteiger partial charge is 0.352 e. The van der Waals surface area contributed by atoms with Gasteiger partial charge in [-0.1, -0.05) is 83.2 Å². The first-order valence-electron chi connectivity index (χ1n) is 13.6. The Labute approximate surface area is 245 Å². The first-order chi connectivity index (χ1) is 19.1. The standard InChI is InChI=1S/C31H36BrN3O4S/c1-23-10-9-11-25(20-23)21-34(24(2)31(37)33-27-12-5-3-6-13-27)30(36)22-35(28-18-16-26(32)17-19-28)40(38,39)29-14-7-4-8-15-29/h4,7-11,14-20,24,27H,3,5-6,12-13,21-22H2,1-2H3,(H,33,37)/t24-/m1/s1. The lowest BCUT2D eigenvalue weighted by atomic mass is 9.95. The van der Waals surface area contributed by atoms with E-state index in [9.17, 15) is 18.0 Å². The molecule has 0 heterocycles. The van der Waals surface area contributed by atoms with Gasteiger partial charge in [-0.2, -0.15) is 0 Å². The van der Waals surface area contributed by atoms with Crippen LogP contribution in [0.3, 0.4) is 0 Å². The summed E-state index contributed by atoms with van der Waals surface area (Å²) in [6, 6.07) is 21.9. The zero-order valence-corrected chi connectivity index (χ0v) is 25.3. The van der Waals surface area contributed by atoms with Gasteiger partial charge in [0.25, 0.3) is 10.0 Å². The van der Waals surface area contributed by atoms with Crippen molar-refractivity contribution in [1.82, 2.24) is 10.2 Å². The molecule has 1 saturated carbocycles. The van der Waals surface area contributed by atoms with Crippen LogP contribution in [0.25, 0.3) is 0 Å². The molecule has 4 rings (SSSR count). The number of hydrogen-bond acceptors (Lipinski definition) is 4. The Bertz CT molecular complexity index is 1410. The molecule has 40 heavy (non-hydrogen) atoms. The summed E-state index contributed by atoms with van der Waals surface area (Å²) < 4.78 is 29.5. The number of sulfonamides is 1. The molecule has 1 atom stereocenters. The van der Waals surface area contributed by atoms with Crippen LogP contribution in [0.5, 0.6) is 0 Å². The number of amides is 2. The molecule has 3 aromatic rings. The fourth-order valence-electron chi connectivity index (χ4n) is 5.01. The molecule has 0 bridgehead atoms. The predicted octanol–water partition coefficient (Wildman–Crippen LogP) is 5.82. The third-order valence-electron chi connectivity index (χ3n) is 7.28. The molecule has 9 heteroatoms. The number of aryl methyl sites for hydroxylation is 1. The summed E-state index contributed by atoms with van der Waals surface area (Å²) in [4.78, 5) is 29.0. The Hall–Kier alpha value is -3.17. The molecular weight excluding hydrogens is 590 g/mol. The van der Waals surface area contributed by atoms with Crippen molar-refractivity contribution in [3.05, 3.63) is 94.5 Å². The summed E-state index contributed by atoms with van der Waals surface area (Å²) in [5.74, 6) is -0.691.